The molecule has 4 nitrogen and oxygen atoms in total. The van der Waals surface area contributed by atoms with Crippen LogP contribution < -0.4 is 0 Å². The first-order valence-electron chi connectivity index (χ1n) is 7.75. The molecule has 0 N–H and O–H groups in total. The SMILES string of the molecule is COC(=O)C[C@H](C(=O)N1CCCC[C@H]1C(C)C)C(C)C. The fourth-order valence-electron chi connectivity index (χ4n) is 3.01. The van der Waals surface area contributed by atoms with Crippen LogP contribution in [0.15, 0.2) is 0 Å². The molecule has 0 radical (unpaired) electrons. The quantitative estimate of drug-likeness (QED) is 0.729. The summed E-state index contributed by atoms with van der Waals surface area (Å²) >= 11 is 0. The van der Waals surface area contributed by atoms with Crippen molar-refractivity contribution >= 4 is 11.9 Å². The molecule has 1 heterocycles. The number of carbonyl (C=O) groups excluding carboxylic acids is 2. The lowest BCUT2D eigenvalue weighted by molar-refractivity contribution is -0.150. The van der Waals surface area contributed by atoms with Crippen molar-refractivity contribution in [2.24, 2.45) is 17.8 Å². The Balaban J connectivity index is 2.83. The second-order valence-electron chi connectivity index (χ2n) is 6.47. The Morgan fingerprint density at radius 3 is 2.35 bits per heavy atom. The van der Waals surface area contributed by atoms with Crippen molar-refractivity contribution in [2.45, 2.75) is 59.4 Å². The molecule has 1 saturated heterocycles. The average Bonchev–Trinajstić information content (AvgIpc) is 2.43. The van der Waals surface area contributed by atoms with Crippen LogP contribution in [0.5, 0.6) is 0 Å². The van der Waals surface area contributed by atoms with Crippen LogP contribution in [0, 0.1) is 17.8 Å². The highest BCUT2D eigenvalue weighted by atomic mass is 16.5. The van der Waals surface area contributed by atoms with E-state index in [0.717, 1.165) is 19.4 Å². The molecule has 0 spiro atoms. The van der Waals surface area contributed by atoms with Gasteiger partial charge < -0.3 is 9.64 Å². The van der Waals surface area contributed by atoms with E-state index in [2.05, 4.69) is 13.8 Å². The van der Waals surface area contributed by atoms with Gasteiger partial charge in [-0.15, -0.1) is 0 Å². The number of nitrogens with zero attached hydrogens (tertiary/aromatic N) is 1. The van der Waals surface area contributed by atoms with Crippen molar-refractivity contribution in [3.63, 3.8) is 0 Å². The Hall–Kier alpha value is -1.06. The molecule has 20 heavy (non-hydrogen) atoms. The summed E-state index contributed by atoms with van der Waals surface area (Å²) < 4.78 is 4.73. The molecule has 116 valence electrons. The van der Waals surface area contributed by atoms with E-state index in [1.807, 2.05) is 18.7 Å². The zero-order chi connectivity index (χ0) is 15.3. The molecule has 4 heteroatoms. The van der Waals surface area contributed by atoms with Gasteiger partial charge in [-0.25, -0.2) is 0 Å². The molecular formula is C16H29NO3. The maximum Gasteiger partial charge on any atom is 0.306 e. The summed E-state index contributed by atoms with van der Waals surface area (Å²) in [4.78, 5) is 26.4. The molecule has 0 unspecified atom stereocenters. The monoisotopic (exact) mass is 283 g/mol. The van der Waals surface area contributed by atoms with Crippen LogP contribution in [-0.4, -0.2) is 36.5 Å². The molecule has 1 rings (SSSR count). The summed E-state index contributed by atoms with van der Waals surface area (Å²) in [5.74, 6) is 0.183. The zero-order valence-corrected chi connectivity index (χ0v) is 13.5. The number of ether oxygens (including phenoxy) is 1. The highest BCUT2D eigenvalue weighted by molar-refractivity contribution is 5.84. The molecule has 0 aromatic carbocycles. The van der Waals surface area contributed by atoms with Crippen LogP contribution in [0.1, 0.15) is 53.4 Å². The van der Waals surface area contributed by atoms with Crippen LogP contribution in [-0.2, 0) is 14.3 Å². The second-order valence-corrected chi connectivity index (χ2v) is 6.47. The van der Waals surface area contributed by atoms with Gasteiger partial charge in [0.2, 0.25) is 5.91 Å². The van der Waals surface area contributed by atoms with E-state index in [4.69, 9.17) is 4.74 Å². The van der Waals surface area contributed by atoms with Crippen molar-refractivity contribution in [2.75, 3.05) is 13.7 Å². The summed E-state index contributed by atoms with van der Waals surface area (Å²) in [7, 11) is 1.38. The molecule has 0 aromatic rings. The van der Waals surface area contributed by atoms with Gasteiger partial charge in [-0.2, -0.15) is 0 Å². The molecule has 0 aromatic heterocycles. The Morgan fingerprint density at radius 1 is 1.20 bits per heavy atom. The number of amides is 1. The van der Waals surface area contributed by atoms with Gasteiger partial charge in [0.25, 0.3) is 0 Å². The number of carbonyl (C=O) groups is 2. The minimum absolute atomic E-state index is 0.129. The van der Waals surface area contributed by atoms with Crippen LogP contribution in [0.3, 0.4) is 0 Å². The third-order valence-corrected chi connectivity index (χ3v) is 4.34. The Morgan fingerprint density at radius 2 is 1.85 bits per heavy atom. The van der Waals surface area contributed by atoms with Crippen LogP contribution in [0.4, 0.5) is 0 Å². The van der Waals surface area contributed by atoms with Crippen LogP contribution in [0.25, 0.3) is 0 Å². The Labute approximate surface area is 122 Å². The first-order valence-corrected chi connectivity index (χ1v) is 7.75. The molecule has 0 aliphatic carbocycles. The number of hydrogen-bond donors (Lipinski definition) is 0. The zero-order valence-electron chi connectivity index (χ0n) is 13.5. The van der Waals surface area contributed by atoms with Crippen molar-refractivity contribution in [3.05, 3.63) is 0 Å². The molecule has 2 atom stereocenters. The molecule has 1 fully saturated rings. The number of rotatable bonds is 5. The van der Waals surface area contributed by atoms with Crippen LogP contribution in [0.2, 0.25) is 0 Å². The van der Waals surface area contributed by atoms with Gasteiger partial charge in [-0.05, 0) is 31.1 Å². The molecule has 1 aliphatic rings. The Bertz CT molecular complexity index is 339. The van der Waals surface area contributed by atoms with Crippen molar-refractivity contribution in [1.82, 2.24) is 4.90 Å². The van der Waals surface area contributed by atoms with Crippen molar-refractivity contribution < 1.29 is 14.3 Å². The minimum Gasteiger partial charge on any atom is -0.469 e. The third-order valence-electron chi connectivity index (χ3n) is 4.34. The minimum atomic E-state index is -0.296. The molecule has 1 aliphatic heterocycles. The van der Waals surface area contributed by atoms with Gasteiger partial charge in [-0.3, -0.25) is 9.59 Å². The normalized spacial score (nSPS) is 21.1. The molecular weight excluding hydrogens is 254 g/mol. The lowest BCUT2D eigenvalue weighted by atomic mass is 9.87. The second kappa shape index (κ2) is 7.65. The summed E-state index contributed by atoms with van der Waals surface area (Å²) in [6, 6.07) is 0.315. The summed E-state index contributed by atoms with van der Waals surface area (Å²) in [6.45, 7) is 9.16. The van der Waals surface area contributed by atoms with Gasteiger partial charge in [0, 0.05) is 12.6 Å². The van der Waals surface area contributed by atoms with E-state index in [1.54, 1.807) is 0 Å². The summed E-state index contributed by atoms with van der Waals surface area (Å²) in [5, 5.41) is 0. The highest BCUT2D eigenvalue weighted by Gasteiger charge is 2.35. The van der Waals surface area contributed by atoms with E-state index >= 15 is 0 Å². The van der Waals surface area contributed by atoms with Gasteiger partial charge in [0.05, 0.1) is 19.4 Å². The lowest BCUT2D eigenvalue weighted by Crippen LogP contribution is -2.49. The van der Waals surface area contributed by atoms with Gasteiger partial charge in [-0.1, -0.05) is 27.7 Å². The van der Waals surface area contributed by atoms with E-state index in [9.17, 15) is 9.59 Å². The number of esters is 1. The Kier molecular flexibility index (Phi) is 6.50. The van der Waals surface area contributed by atoms with E-state index < -0.39 is 0 Å². The predicted molar refractivity (Wildman–Crippen MR) is 79.2 cm³/mol. The molecule has 0 saturated carbocycles. The number of hydrogen-bond acceptors (Lipinski definition) is 3. The fraction of sp³-hybridized carbons (Fsp3) is 0.875. The van der Waals surface area contributed by atoms with Crippen LogP contribution >= 0.6 is 0 Å². The average molecular weight is 283 g/mol. The van der Waals surface area contributed by atoms with Crippen molar-refractivity contribution in [1.29, 1.82) is 0 Å². The molecule has 1 amide bonds. The topological polar surface area (TPSA) is 46.6 Å². The highest BCUT2D eigenvalue weighted by Crippen LogP contribution is 2.28. The summed E-state index contributed by atoms with van der Waals surface area (Å²) in [6.07, 6.45) is 3.52. The van der Waals surface area contributed by atoms with Gasteiger partial charge >= 0.3 is 5.97 Å². The van der Waals surface area contributed by atoms with E-state index in [0.29, 0.717) is 12.0 Å². The van der Waals surface area contributed by atoms with E-state index in [-0.39, 0.29) is 30.1 Å². The number of methoxy groups -OCH3 is 1. The van der Waals surface area contributed by atoms with E-state index in [1.165, 1.54) is 13.5 Å². The lowest BCUT2D eigenvalue weighted by Gasteiger charge is -2.40. The summed E-state index contributed by atoms with van der Waals surface area (Å²) in [5.41, 5.74) is 0. The first-order chi connectivity index (χ1) is 9.38. The largest absolute Gasteiger partial charge is 0.469 e. The predicted octanol–water partition coefficient (Wildman–Crippen LogP) is 2.86. The third kappa shape index (κ3) is 4.22. The smallest absolute Gasteiger partial charge is 0.306 e. The number of likely N-dealkylation sites (tertiary alicyclic amines) is 1. The molecule has 0 bridgehead atoms. The number of piperidine rings is 1. The van der Waals surface area contributed by atoms with Gasteiger partial charge in [0.15, 0.2) is 0 Å². The maximum atomic E-state index is 12.8. The fourth-order valence-corrected chi connectivity index (χ4v) is 3.01. The first kappa shape index (κ1) is 17.0. The van der Waals surface area contributed by atoms with Gasteiger partial charge in [0.1, 0.15) is 0 Å². The van der Waals surface area contributed by atoms with Crippen molar-refractivity contribution in [3.8, 4) is 0 Å². The maximum absolute atomic E-state index is 12.8. The standard InChI is InChI=1S/C16H29NO3/c1-11(2)13(10-15(18)20-5)16(19)17-9-7-6-8-14(17)12(3)4/h11-14H,6-10H2,1-5H3/t13-,14-/m0/s1.